The lowest BCUT2D eigenvalue weighted by Crippen LogP contribution is -2.39. The molecule has 1 atom stereocenters. The Morgan fingerprint density at radius 1 is 0.974 bits per heavy atom. The molecule has 1 aliphatic heterocycles. The van der Waals surface area contributed by atoms with E-state index in [9.17, 15) is 13.2 Å². The normalized spacial score (nSPS) is 16.0. The van der Waals surface area contributed by atoms with E-state index in [1.165, 1.54) is 0 Å². The number of anilines is 1. The minimum Gasteiger partial charge on any atom is -0.337 e. The molecule has 1 fully saturated rings. The number of fused-ring (bicyclic) bond motifs is 1. The molecule has 4 aromatic rings. The molecule has 196 valence electrons. The standard InChI is InChI=1S/C29H31N5O3S/c1-21-19-28(26-9-5-6-10-27(26)31-21)32-29(35)30-16-18-34-17-15-24(20-34)33-38(36,37)25-13-11-23(12-14-25)22-7-3-2-4-8-22/h2-14,19,24,33H,15-18,20H2,1H3,(H2,30,31,32,35). The predicted octanol–water partition coefficient (Wildman–Crippen LogP) is 4.38. The number of urea groups is 1. The van der Waals surface area contributed by atoms with Gasteiger partial charge in [-0.25, -0.2) is 17.9 Å². The van der Waals surface area contributed by atoms with Crippen LogP contribution in [0.25, 0.3) is 22.0 Å². The van der Waals surface area contributed by atoms with E-state index in [1.807, 2.05) is 79.7 Å². The second-order valence-electron chi connectivity index (χ2n) is 9.51. The van der Waals surface area contributed by atoms with Gasteiger partial charge in [0.1, 0.15) is 0 Å². The van der Waals surface area contributed by atoms with Crippen molar-refractivity contribution in [3.05, 3.63) is 90.6 Å². The quantitative estimate of drug-likeness (QED) is 0.314. The fraction of sp³-hybridized carbons (Fsp3) is 0.241. The molecule has 1 unspecified atom stereocenters. The summed E-state index contributed by atoms with van der Waals surface area (Å²) in [5, 5.41) is 6.71. The van der Waals surface area contributed by atoms with Gasteiger partial charge in [0.05, 0.1) is 16.1 Å². The van der Waals surface area contributed by atoms with Gasteiger partial charge in [0.25, 0.3) is 0 Å². The molecule has 0 spiro atoms. The number of aryl methyl sites for hydroxylation is 1. The summed E-state index contributed by atoms with van der Waals surface area (Å²) in [6.45, 7) is 4.34. The van der Waals surface area contributed by atoms with Crippen LogP contribution in [0, 0.1) is 6.92 Å². The SMILES string of the molecule is Cc1cc(NC(=O)NCCN2CCC(NS(=O)(=O)c3ccc(-c4ccccc4)cc3)C2)c2ccccc2n1. The summed E-state index contributed by atoms with van der Waals surface area (Å²) in [5.41, 5.74) is 4.40. The molecule has 2 heterocycles. The molecule has 5 rings (SSSR count). The second-order valence-corrected chi connectivity index (χ2v) is 11.2. The first-order valence-corrected chi connectivity index (χ1v) is 14.2. The number of hydrogen-bond acceptors (Lipinski definition) is 5. The number of sulfonamides is 1. The van der Waals surface area contributed by atoms with Crippen molar-refractivity contribution >= 4 is 32.6 Å². The van der Waals surface area contributed by atoms with Crippen LogP contribution in [-0.4, -0.2) is 56.6 Å². The van der Waals surface area contributed by atoms with Gasteiger partial charge in [-0.1, -0.05) is 60.7 Å². The number of amides is 2. The molecule has 1 aliphatic rings. The van der Waals surface area contributed by atoms with E-state index in [0.29, 0.717) is 19.6 Å². The number of likely N-dealkylation sites (tertiary alicyclic amines) is 1. The fourth-order valence-corrected chi connectivity index (χ4v) is 6.04. The largest absolute Gasteiger partial charge is 0.337 e. The van der Waals surface area contributed by atoms with Crippen LogP contribution in [-0.2, 0) is 10.0 Å². The van der Waals surface area contributed by atoms with E-state index >= 15 is 0 Å². The van der Waals surface area contributed by atoms with Gasteiger partial charge < -0.3 is 10.6 Å². The number of carbonyl (C=O) groups is 1. The van der Waals surface area contributed by atoms with Crippen molar-refractivity contribution in [2.24, 2.45) is 0 Å². The summed E-state index contributed by atoms with van der Waals surface area (Å²) in [6, 6.07) is 25.9. The lowest BCUT2D eigenvalue weighted by molar-refractivity contribution is 0.249. The molecule has 3 aromatic carbocycles. The number of para-hydroxylation sites is 1. The molecule has 1 aromatic heterocycles. The van der Waals surface area contributed by atoms with Gasteiger partial charge >= 0.3 is 6.03 Å². The van der Waals surface area contributed by atoms with Gasteiger partial charge in [-0.15, -0.1) is 0 Å². The van der Waals surface area contributed by atoms with E-state index < -0.39 is 10.0 Å². The van der Waals surface area contributed by atoms with Gasteiger partial charge in [-0.2, -0.15) is 0 Å². The Morgan fingerprint density at radius 2 is 1.68 bits per heavy atom. The van der Waals surface area contributed by atoms with Crippen LogP contribution in [0.4, 0.5) is 10.5 Å². The van der Waals surface area contributed by atoms with Gasteiger partial charge in [-0.05, 0) is 55.3 Å². The minimum absolute atomic E-state index is 0.172. The van der Waals surface area contributed by atoms with Crippen molar-refractivity contribution in [3.8, 4) is 11.1 Å². The Kier molecular flexibility index (Phi) is 7.69. The van der Waals surface area contributed by atoms with Gasteiger partial charge in [0.2, 0.25) is 10.0 Å². The van der Waals surface area contributed by atoms with Crippen LogP contribution in [0.3, 0.4) is 0 Å². The maximum absolute atomic E-state index is 12.9. The first-order valence-electron chi connectivity index (χ1n) is 12.7. The zero-order valence-electron chi connectivity index (χ0n) is 21.2. The van der Waals surface area contributed by atoms with Crippen molar-refractivity contribution in [3.63, 3.8) is 0 Å². The first kappa shape index (κ1) is 25.8. The molecule has 0 bridgehead atoms. The number of carbonyl (C=O) groups excluding carboxylic acids is 1. The summed E-state index contributed by atoms with van der Waals surface area (Å²) < 4.78 is 28.7. The Balaban J connectivity index is 1.09. The molecule has 2 amide bonds. The highest BCUT2D eigenvalue weighted by Gasteiger charge is 2.27. The third-order valence-electron chi connectivity index (χ3n) is 6.67. The van der Waals surface area contributed by atoms with Crippen molar-refractivity contribution in [1.82, 2.24) is 19.9 Å². The minimum atomic E-state index is -3.62. The van der Waals surface area contributed by atoms with Crippen molar-refractivity contribution in [2.75, 3.05) is 31.5 Å². The highest BCUT2D eigenvalue weighted by atomic mass is 32.2. The van der Waals surface area contributed by atoms with Crippen molar-refractivity contribution in [2.45, 2.75) is 24.3 Å². The van der Waals surface area contributed by atoms with Crippen LogP contribution < -0.4 is 15.4 Å². The highest BCUT2D eigenvalue weighted by Crippen LogP contribution is 2.23. The number of nitrogens with zero attached hydrogens (tertiary/aromatic N) is 2. The average molecular weight is 530 g/mol. The highest BCUT2D eigenvalue weighted by molar-refractivity contribution is 7.89. The summed E-state index contributed by atoms with van der Waals surface area (Å²) in [5.74, 6) is 0. The smallest absolute Gasteiger partial charge is 0.319 e. The van der Waals surface area contributed by atoms with Crippen LogP contribution in [0.2, 0.25) is 0 Å². The fourth-order valence-electron chi connectivity index (χ4n) is 4.78. The molecule has 0 aliphatic carbocycles. The van der Waals surface area contributed by atoms with Crippen LogP contribution in [0.1, 0.15) is 12.1 Å². The van der Waals surface area contributed by atoms with E-state index in [1.54, 1.807) is 12.1 Å². The summed E-state index contributed by atoms with van der Waals surface area (Å²) >= 11 is 0. The Bertz CT molecular complexity index is 1530. The number of aromatic nitrogens is 1. The molecule has 3 N–H and O–H groups in total. The first-order chi connectivity index (χ1) is 18.4. The number of benzene rings is 3. The summed E-state index contributed by atoms with van der Waals surface area (Å²) in [4.78, 5) is 19.4. The summed E-state index contributed by atoms with van der Waals surface area (Å²) in [6.07, 6.45) is 0.718. The number of hydrogen-bond donors (Lipinski definition) is 3. The second kappa shape index (κ2) is 11.3. The molecule has 9 heteroatoms. The molecule has 8 nitrogen and oxygen atoms in total. The third-order valence-corrected chi connectivity index (χ3v) is 8.21. The maximum atomic E-state index is 12.9. The Morgan fingerprint density at radius 3 is 2.47 bits per heavy atom. The molecule has 1 saturated heterocycles. The third kappa shape index (κ3) is 6.19. The van der Waals surface area contributed by atoms with Gasteiger partial charge in [-0.3, -0.25) is 9.88 Å². The molecular weight excluding hydrogens is 498 g/mol. The van der Waals surface area contributed by atoms with Crippen LogP contribution >= 0.6 is 0 Å². The number of rotatable bonds is 8. The monoisotopic (exact) mass is 529 g/mol. The molecular formula is C29H31N5O3S. The van der Waals surface area contributed by atoms with Crippen molar-refractivity contribution in [1.29, 1.82) is 0 Å². The zero-order valence-corrected chi connectivity index (χ0v) is 22.0. The van der Waals surface area contributed by atoms with E-state index in [0.717, 1.165) is 46.4 Å². The number of nitrogens with one attached hydrogen (secondary N) is 3. The lowest BCUT2D eigenvalue weighted by atomic mass is 10.1. The van der Waals surface area contributed by atoms with Gasteiger partial charge in [0.15, 0.2) is 0 Å². The van der Waals surface area contributed by atoms with E-state index in [2.05, 4.69) is 25.2 Å². The van der Waals surface area contributed by atoms with Crippen molar-refractivity contribution < 1.29 is 13.2 Å². The average Bonchev–Trinajstić information content (AvgIpc) is 3.35. The maximum Gasteiger partial charge on any atom is 0.319 e. The lowest BCUT2D eigenvalue weighted by Gasteiger charge is -2.17. The van der Waals surface area contributed by atoms with Gasteiger partial charge in [0, 0.05) is 36.8 Å². The topological polar surface area (TPSA) is 103 Å². The van der Waals surface area contributed by atoms with E-state index in [-0.39, 0.29) is 17.0 Å². The van der Waals surface area contributed by atoms with Crippen LogP contribution in [0.15, 0.2) is 89.8 Å². The zero-order chi connectivity index (χ0) is 26.5. The Labute approximate surface area is 223 Å². The molecule has 0 saturated carbocycles. The predicted molar refractivity (Wildman–Crippen MR) is 151 cm³/mol. The van der Waals surface area contributed by atoms with E-state index in [4.69, 9.17) is 0 Å². The van der Waals surface area contributed by atoms with Crippen LogP contribution in [0.5, 0.6) is 0 Å². The summed E-state index contributed by atoms with van der Waals surface area (Å²) in [7, 11) is -3.62. The molecule has 0 radical (unpaired) electrons. The molecule has 38 heavy (non-hydrogen) atoms. The number of pyridine rings is 1. The Hall–Kier alpha value is -3.79.